The molecule has 8 nitrogen and oxygen atoms in total. The number of methoxy groups -OCH3 is 1. The van der Waals surface area contributed by atoms with E-state index in [0.717, 1.165) is 50.4 Å². The molecule has 3 heterocycles. The highest BCUT2D eigenvalue weighted by molar-refractivity contribution is 5.87. The zero-order valence-electron chi connectivity index (χ0n) is 15.3. The number of hydrogen-bond donors (Lipinski definition) is 1. The Morgan fingerprint density at radius 3 is 2.81 bits per heavy atom. The number of carbonyl (C=O) groups excluding carboxylic acids is 1. The first kappa shape index (κ1) is 18.3. The molecule has 1 saturated heterocycles. The van der Waals surface area contributed by atoms with Crippen molar-refractivity contribution in [2.24, 2.45) is 5.92 Å². The molecule has 1 aliphatic rings. The van der Waals surface area contributed by atoms with Crippen LogP contribution < -0.4 is 5.69 Å². The van der Waals surface area contributed by atoms with E-state index in [2.05, 4.69) is 20.1 Å². The molecular formula is C18H25N5O3. The predicted octanol–water partition coefficient (Wildman–Crippen LogP) is 1.23. The SMILES string of the molecule is CCn1c(CC2CCN(Cc3cccc(C(=O)OC)n3)CC2)n[nH]c1=O. The van der Waals surface area contributed by atoms with E-state index >= 15 is 0 Å². The van der Waals surface area contributed by atoms with E-state index in [-0.39, 0.29) is 5.69 Å². The van der Waals surface area contributed by atoms with Gasteiger partial charge in [-0.3, -0.25) is 9.47 Å². The zero-order valence-corrected chi connectivity index (χ0v) is 15.3. The lowest BCUT2D eigenvalue weighted by molar-refractivity contribution is 0.0593. The topological polar surface area (TPSA) is 93.1 Å². The Labute approximate surface area is 152 Å². The molecule has 1 N–H and O–H groups in total. The number of nitrogens with one attached hydrogen (secondary N) is 1. The van der Waals surface area contributed by atoms with Crippen molar-refractivity contribution in [2.45, 2.75) is 39.3 Å². The van der Waals surface area contributed by atoms with E-state index in [1.807, 2.05) is 19.1 Å². The highest BCUT2D eigenvalue weighted by atomic mass is 16.5. The summed E-state index contributed by atoms with van der Waals surface area (Å²) in [4.78, 5) is 30.0. The lowest BCUT2D eigenvalue weighted by atomic mass is 9.93. The van der Waals surface area contributed by atoms with Crippen molar-refractivity contribution in [3.63, 3.8) is 0 Å². The van der Waals surface area contributed by atoms with Gasteiger partial charge in [-0.05, 0) is 50.9 Å². The first-order chi connectivity index (χ1) is 12.6. The molecule has 0 radical (unpaired) electrons. The third-order valence-electron chi connectivity index (χ3n) is 4.92. The highest BCUT2D eigenvalue weighted by Gasteiger charge is 2.22. The summed E-state index contributed by atoms with van der Waals surface area (Å²) in [6.45, 7) is 5.26. The number of rotatable bonds is 6. The van der Waals surface area contributed by atoms with Crippen LogP contribution in [0.15, 0.2) is 23.0 Å². The van der Waals surface area contributed by atoms with Crippen LogP contribution in [0.2, 0.25) is 0 Å². The summed E-state index contributed by atoms with van der Waals surface area (Å²) in [6, 6.07) is 5.43. The Balaban J connectivity index is 1.54. The lowest BCUT2D eigenvalue weighted by Crippen LogP contribution is -2.34. The molecule has 0 atom stereocenters. The quantitative estimate of drug-likeness (QED) is 0.780. The van der Waals surface area contributed by atoms with Gasteiger partial charge in [0.05, 0.1) is 12.8 Å². The second-order valence-corrected chi connectivity index (χ2v) is 6.62. The van der Waals surface area contributed by atoms with Gasteiger partial charge in [-0.15, -0.1) is 0 Å². The molecule has 8 heteroatoms. The largest absolute Gasteiger partial charge is 0.464 e. The molecule has 140 valence electrons. The fourth-order valence-corrected chi connectivity index (χ4v) is 3.45. The van der Waals surface area contributed by atoms with Crippen molar-refractivity contribution < 1.29 is 9.53 Å². The zero-order chi connectivity index (χ0) is 18.5. The number of hydrogen-bond acceptors (Lipinski definition) is 6. The third-order valence-corrected chi connectivity index (χ3v) is 4.92. The van der Waals surface area contributed by atoms with Gasteiger partial charge in [0.25, 0.3) is 0 Å². The van der Waals surface area contributed by atoms with Crippen molar-refractivity contribution >= 4 is 5.97 Å². The van der Waals surface area contributed by atoms with E-state index in [1.165, 1.54) is 7.11 Å². The van der Waals surface area contributed by atoms with E-state index in [4.69, 9.17) is 4.74 Å². The number of pyridine rings is 1. The second-order valence-electron chi connectivity index (χ2n) is 6.62. The molecule has 2 aromatic heterocycles. The Kier molecular flexibility index (Phi) is 5.82. The molecule has 0 saturated carbocycles. The van der Waals surface area contributed by atoms with Crippen LogP contribution in [0.4, 0.5) is 0 Å². The molecule has 2 aromatic rings. The normalized spacial score (nSPS) is 15.9. The van der Waals surface area contributed by atoms with Gasteiger partial charge in [0.15, 0.2) is 0 Å². The maximum atomic E-state index is 11.7. The van der Waals surface area contributed by atoms with Gasteiger partial charge in [0, 0.05) is 19.5 Å². The first-order valence-electron chi connectivity index (χ1n) is 9.01. The minimum Gasteiger partial charge on any atom is -0.464 e. The predicted molar refractivity (Wildman–Crippen MR) is 95.8 cm³/mol. The van der Waals surface area contributed by atoms with Crippen LogP contribution in [-0.4, -0.2) is 50.8 Å². The minimum absolute atomic E-state index is 0.128. The number of H-pyrrole nitrogens is 1. The maximum absolute atomic E-state index is 11.7. The van der Waals surface area contributed by atoms with Crippen LogP contribution in [0.3, 0.4) is 0 Å². The Hall–Kier alpha value is -2.48. The number of esters is 1. The molecule has 0 spiro atoms. The average molecular weight is 359 g/mol. The van der Waals surface area contributed by atoms with Gasteiger partial charge in [-0.25, -0.2) is 19.7 Å². The standard InChI is InChI=1S/C18H25N5O3/c1-3-23-16(20-21-18(23)25)11-13-7-9-22(10-8-13)12-14-5-4-6-15(19-14)17(24)26-2/h4-6,13H,3,7-12H2,1-2H3,(H,21,25). The van der Waals surface area contributed by atoms with Crippen LogP contribution in [0, 0.1) is 5.92 Å². The van der Waals surface area contributed by atoms with E-state index < -0.39 is 5.97 Å². The summed E-state index contributed by atoms with van der Waals surface area (Å²) in [5, 5.41) is 6.70. The monoisotopic (exact) mass is 359 g/mol. The summed E-state index contributed by atoms with van der Waals surface area (Å²) in [5.41, 5.74) is 1.09. The Bertz CT molecular complexity index is 805. The number of aromatic nitrogens is 4. The molecule has 0 amide bonds. The number of aromatic amines is 1. The second kappa shape index (κ2) is 8.27. The number of nitrogens with zero attached hydrogens (tertiary/aromatic N) is 4. The van der Waals surface area contributed by atoms with E-state index in [9.17, 15) is 9.59 Å². The lowest BCUT2D eigenvalue weighted by Gasteiger charge is -2.31. The van der Waals surface area contributed by atoms with Gasteiger partial charge in [0.2, 0.25) is 0 Å². The fourth-order valence-electron chi connectivity index (χ4n) is 3.45. The van der Waals surface area contributed by atoms with Crippen molar-refractivity contribution in [1.29, 1.82) is 0 Å². The summed E-state index contributed by atoms with van der Waals surface area (Å²) in [7, 11) is 1.36. The van der Waals surface area contributed by atoms with Gasteiger partial charge in [-0.2, -0.15) is 5.10 Å². The number of likely N-dealkylation sites (tertiary alicyclic amines) is 1. The third kappa shape index (κ3) is 4.19. The summed E-state index contributed by atoms with van der Waals surface area (Å²) in [6.07, 6.45) is 2.94. The molecule has 0 aromatic carbocycles. The molecular weight excluding hydrogens is 334 g/mol. The number of piperidine rings is 1. The van der Waals surface area contributed by atoms with E-state index in [0.29, 0.717) is 18.2 Å². The summed E-state index contributed by atoms with van der Waals surface area (Å²) in [5.74, 6) is 0.969. The van der Waals surface area contributed by atoms with Crippen molar-refractivity contribution in [2.75, 3.05) is 20.2 Å². The van der Waals surface area contributed by atoms with Gasteiger partial charge in [0.1, 0.15) is 11.5 Å². The molecule has 0 aliphatic carbocycles. The molecule has 1 aliphatic heterocycles. The van der Waals surface area contributed by atoms with Crippen LogP contribution in [0.5, 0.6) is 0 Å². The molecule has 26 heavy (non-hydrogen) atoms. The van der Waals surface area contributed by atoms with Crippen LogP contribution in [0.25, 0.3) is 0 Å². The summed E-state index contributed by atoms with van der Waals surface area (Å²) < 4.78 is 6.43. The van der Waals surface area contributed by atoms with E-state index in [1.54, 1.807) is 10.6 Å². The van der Waals surface area contributed by atoms with Gasteiger partial charge >= 0.3 is 11.7 Å². The molecule has 1 fully saturated rings. The van der Waals surface area contributed by atoms with Gasteiger partial charge in [-0.1, -0.05) is 6.07 Å². The van der Waals surface area contributed by atoms with Crippen molar-refractivity contribution in [3.05, 3.63) is 45.9 Å². The molecule has 0 unspecified atom stereocenters. The Morgan fingerprint density at radius 2 is 2.12 bits per heavy atom. The van der Waals surface area contributed by atoms with Gasteiger partial charge < -0.3 is 4.74 Å². The van der Waals surface area contributed by atoms with Crippen LogP contribution in [-0.2, 0) is 24.2 Å². The molecule has 3 rings (SSSR count). The first-order valence-corrected chi connectivity index (χ1v) is 9.01. The average Bonchev–Trinajstić information content (AvgIpc) is 3.02. The minimum atomic E-state index is -0.411. The molecule has 0 bridgehead atoms. The van der Waals surface area contributed by atoms with Crippen molar-refractivity contribution in [3.8, 4) is 0 Å². The number of ether oxygens (including phenoxy) is 1. The van der Waals surface area contributed by atoms with Crippen molar-refractivity contribution in [1.82, 2.24) is 24.6 Å². The number of carbonyl (C=O) groups is 1. The van der Waals surface area contributed by atoms with Crippen LogP contribution >= 0.6 is 0 Å². The maximum Gasteiger partial charge on any atom is 0.356 e. The highest BCUT2D eigenvalue weighted by Crippen LogP contribution is 2.21. The summed E-state index contributed by atoms with van der Waals surface area (Å²) >= 11 is 0. The smallest absolute Gasteiger partial charge is 0.356 e. The van der Waals surface area contributed by atoms with Crippen LogP contribution in [0.1, 0.15) is 41.8 Å². The Morgan fingerprint density at radius 1 is 1.35 bits per heavy atom. The fraction of sp³-hybridized carbons (Fsp3) is 0.556.